The van der Waals surface area contributed by atoms with Crippen molar-refractivity contribution in [3.05, 3.63) is 48.6 Å². The van der Waals surface area contributed by atoms with Gasteiger partial charge in [0.1, 0.15) is 13.2 Å². The topological polar surface area (TPSA) is 125 Å². The second-order valence-corrected chi connectivity index (χ2v) is 14.6. The van der Waals surface area contributed by atoms with Crippen molar-refractivity contribution in [2.75, 3.05) is 32.8 Å². The van der Waals surface area contributed by atoms with Crippen LogP contribution in [-0.2, 0) is 23.9 Å². The minimum absolute atomic E-state index is 0.0975. The molecule has 4 N–H and O–H groups in total. The third-order valence-corrected chi connectivity index (χ3v) is 9.51. The number of carbonyl (C=O) groups excluding carboxylic acids is 3. The fourth-order valence-corrected chi connectivity index (χ4v) is 6.04. The molecule has 0 aromatic carbocycles. The van der Waals surface area contributed by atoms with Crippen molar-refractivity contribution in [1.29, 1.82) is 0 Å². The van der Waals surface area contributed by atoms with Gasteiger partial charge in [-0.15, -0.1) is 0 Å². The summed E-state index contributed by atoms with van der Waals surface area (Å²) in [6, 6.07) is -0.664. The van der Waals surface area contributed by atoms with E-state index in [0.29, 0.717) is 25.8 Å². The van der Waals surface area contributed by atoms with Crippen LogP contribution in [0.4, 0.5) is 0 Å². The molecule has 0 heterocycles. The van der Waals surface area contributed by atoms with Crippen LogP contribution in [-0.4, -0.2) is 61.6 Å². The van der Waals surface area contributed by atoms with Crippen LogP contribution in [0.5, 0.6) is 0 Å². The molecule has 0 spiro atoms. The number of unbranched alkanes of at least 4 members (excludes halogenated alkanes) is 17. The van der Waals surface area contributed by atoms with Gasteiger partial charge in [-0.3, -0.25) is 14.4 Å². The van der Waals surface area contributed by atoms with Gasteiger partial charge in [0, 0.05) is 12.8 Å². The van der Waals surface area contributed by atoms with Crippen LogP contribution < -0.4 is 11.5 Å². The lowest BCUT2D eigenvalue weighted by molar-refractivity contribution is -0.148. The van der Waals surface area contributed by atoms with Crippen LogP contribution in [0.15, 0.2) is 48.6 Å². The van der Waals surface area contributed by atoms with Gasteiger partial charge >= 0.3 is 11.9 Å². The summed E-state index contributed by atoms with van der Waals surface area (Å²) < 4.78 is 10.9. The summed E-state index contributed by atoms with van der Waals surface area (Å²) >= 11 is 0. The highest BCUT2D eigenvalue weighted by atomic mass is 16.5. The smallest absolute Gasteiger partial charge is 0.305 e. The average Bonchev–Trinajstić information content (AvgIpc) is 3.17. The highest BCUT2D eigenvalue weighted by Crippen LogP contribution is 2.11. The molecule has 0 aliphatic carbocycles. The normalized spacial score (nSPS) is 12.4. The summed E-state index contributed by atoms with van der Waals surface area (Å²) in [7, 11) is 0. The quantitative estimate of drug-likeness (QED) is 0.0363. The minimum Gasteiger partial charge on any atom is -0.464 e. The maximum Gasteiger partial charge on any atom is 0.305 e. The molecule has 0 fully saturated rings. The van der Waals surface area contributed by atoms with Gasteiger partial charge in [0.2, 0.25) is 5.91 Å². The monoisotopic (exact) mass is 758 g/mol. The minimum atomic E-state index is -0.664. The Hall–Kier alpha value is -2.71. The Bertz CT molecular complexity index is 929. The molecule has 0 aliphatic rings. The second-order valence-electron chi connectivity index (χ2n) is 14.6. The van der Waals surface area contributed by atoms with Crippen molar-refractivity contribution in [3.8, 4) is 0 Å². The zero-order valence-corrected chi connectivity index (χ0v) is 35.0. The molecular formula is C46H83N3O5. The van der Waals surface area contributed by atoms with E-state index in [1.54, 1.807) is 4.90 Å². The molecule has 0 unspecified atom stereocenters. The van der Waals surface area contributed by atoms with Gasteiger partial charge in [0.25, 0.3) is 0 Å². The molecular weight excluding hydrogens is 675 g/mol. The Morgan fingerprint density at radius 1 is 0.519 bits per heavy atom. The Balaban J connectivity index is 4.21. The fourth-order valence-electron chi connectivity index (χ4n) is 6.04. The first-order valence-corrected chi connectivity index (χ1v) is 22.1. The van der Waals surface area contributed by atoms with Crippen LogP contribution in [0.25, 0.3) is 0 Å². The lowest BCUT2D eigenvalue weighted by Gasteiger charge is -2.25. The molecule has 8 nitrogen and oxygen atoms in total. The Labute approximate surface area is 332 Å². The second kappa shape index (κ2) is 41.5. The highest BCUT2D eigenvalue weighted by Gasteiger charge is 2.21. The summed E-state index contributed by atoms with van der Waals surface area (Å²) in [6.07, 6.45) is 45.9. The molecule has 312 valence electrons. The predicted octanol–water partition coefficient (Wildman–Crippen LogP) is 11.0. The molecule has 0 aromatic rings. The number of allylic oxidation sites excluding steroid dienone is 8. The van der Waals surface area contributed by atoms with Crippen molar-refractivity contribution in [1.82, 2.24) is 4.90 Å². The fraction of sp³-hybridized carbons (Fsp3) is 0.761. The first-order valence-electron chi connectivity index (χ1n) is 22.1. The molecule has 0 radical (unpaired) electrons. The van der Waals surface area contributed by atoms with E-state index in [9.17, 15) is 14.4 Å². The van der Waals surface area contributed by atoms with Crippen molar-refractivity contribution in [2.45, 2.75) is 193 Å². The number of hydrogen-bond acceptors (Lipinski definition) is 7. The summed E-state index contributed by atoms with van der Waals surface area (Å²) in [5, 5.41) is 0. The van der Waals surface area contributed by atoms with Gasteiger partial charge in [-0.25, -0.2) is 0 Å². The number of amides is 1. The lowest BCUT2D eigenvalue weighted by atomic mass is 10.1. The van der Waals surface area contributed by atoms with Crippen LogP contribution >= 0.6 is 0 Å². The van der Waals surface area contributed by atoms with E-state index < -0.39 is 6.04 Å². The van der Waals surface area contributed by atoms with Gasteiger partial charge in [-0.2, -0.15) is 0 Å². The standard InChI is InChI=1S/C46H83N3O5/c1-3-5-7-9-11-13-15-17-19-21-23-25-27-29-31-36-44(50)53-41-39-49(46(52)43(48)35-33-34-38-47)40-42-54-45(51)37-32-30-28-26-24-22-20-18-16-14-12-10-8-6-4-2/h11-14,17-20,43H,3-10,15-16,21-42,47-48H2,1-2H3/b13-11-,14-12-,19-17-,20-18-/t43-/m0/s1. The Morgan fingerprint density at radius 2 is 0.907 bits per heavy atom. The number of nitrogens with two attached hydrogens (primary N) is 2. The van der Waals surface area contributed by atoms with Crippen LogP contribution in [0, 0.1) is 0 Å². The molecule has 0 bridgehead atoms. The molecule has 1 amide bonds. The molecule has 0 aromatic heterocycles. The first-order chi connectivity index (χ1) is 26.5. The van der Waals surface area contributed by atoms with Crippen LogP contribution in [0.1, 0.15) is 187 Å². The summed E-state index contributed by atoms with van der Waals surface area (Å²) in [6.45, 7) is 5.66. The van der Waals surface area contributed by atoms with E-state index in [2.05, 4.69) is 62.5 Å². The van der Waals surface area contributed by atoms with Crippen LogP contribution in [0.3, 0.4) is 0 Å². The van der Waals surface area contributed by atoms with Gasteiger partial charge in [0.15, 0.2) is 0 Å². The first kappa shape index (κ1) is 51.3. The maximum absolute atomic E-state index is 13.1. The third-order valence-electron chi connectivity index (χ3n) is 9.51. The van der Waals surface area contributed by atoms with Crippen molar-refractivity contribution >= 4 is 17.8 Å². The number of hydrogen-bond donors (Lipinski definition) is 2. The molecule has 0 aliphatic heterocycles. The molecule has 1 atom stereocenters. The largest absolute Gasteiger partial charge is 0.464 e. The van der Waals surface area contributed by atoms with E-state index in [1.807, 2.05) is 0 Å². The zero-order chi connectivity index (χ0) is 39.6. The van der Waals surface area contributed by atoms with Crippen molar-refractivity contribution in [3.63, 3.8) is 0 Å². The van der Waals surface area contributed by atoms with Crippen LogP contribution in [0.2, 0.25) is 0 Å². The number of carbonyl (C=O) groups is 3. The maximum atomic E-state index is 13.1. The molecule has 8 heteroatoms. The number of rotatable bonds is 39. The van der Waals surface area contributed by atoms with E-state index in [1.165, 1.54) is 64.2 Å². The van der Waals surface area contributed by atoms with Gasteiger partial charge in [-0.05, 0) is 96.4 Å². The number of esters is 2. The van der Waals surface area contributed by atoms with Crippen molar-refractivity contribution in [2.24, 2.45) is 11.5 Å². The SMILES string of the molecule is CCCCC/C=C\C/C=C\CCCCCCCC(=O)OCCN(CCOC(=O)CCCCCCC/C=C\C/C=C\CCCCC)C(=O)[C@@H](N)CCCCN. The Kier molecular flexibility index (Phi) is 39.4. The molecule has 0 saturated carbocycles. The van der Waals surface area contributed by atoms with Gasteiger partial charge in [-0.1, -0.05) is 133 Å². The predicted molar refractivity (Wildman–Crippen MR) is 228 cm³/mol. The zero-order valence-electron chi connectivity index (χ0n) is 35.0. The summed E-state index contributed by atoms with van der Waals surface area (Å²) in [4.78, 5) is 39.4. The van der Waals surface area contributed by atoms with E-state index in [4.69, 9.17) is 20.9 Å². The van der Waals surface area contributed by atoms with E-state index >= 15 is 0 Å². The van der Waals surface area contributed by atoms with Gasteiger partial charge in [0.05, 0.1) is 19.1 Å². The molecule has 0 saturated heterocycles. The molecule has 0 rings (SSSR count). The summed E-state index contributed by atoms with van der Waals surface area (Å²) in [5.41, 5.74) is 11.8. The lowest BCUT2D eigenvalue weighted by Crippen LogP contribution is -2.46. The van der Waals surface area contributed by atoms with E-state index in [-0.39, 0.29) is 44.1 Å². The molecule has 54 heavy (non-hydrogen) atoms. The Morgan fingerprint density at radius 3 is 1.31 bits per heavy atom. The number of nitrogens with zero attached hydrogens (tertiary/aromatic N) is 1. The third kappa shape index (κ3) is 36.3. The number of ether oxygens (including phenoxy) is 2. The van der Waals surface area contributed by atoms with E-state index in [0.717, 1.165) is 89.9 Å². The highest BCUT2D eigenvalue weighted by molar-refractivity contribution is 5.81. The van der Waals surface area contributed by atoms with Crippen molar-refractivity contribution < 1.29 is 23.9 Å². The van der Waals surface area contributed by atoms with Gasteiger partial charge < -0.3 is 25.8 Å². The average molecular weight is 758 g/mol. The summed E-state index contributed by atoms with van der Waals surface area (Å²) in [5.74, 6) is -0.713.